The summed E-state index contributed by atoms with van der Waals surface area (Å²) in [6.07, 6.45) is 1.50. The Balaban J connectivity index is 2.28. The maximum atomic E-state index is 9.61. The van der Waals surface area contributed by atoms with Crippen LogP contribution in [0.2, 0.25) is 0 Å². The Bertz CT molecular complexity index is 425. The first-order chi connectivity index (χ1) is 7.70. The number of hydrogen-bond acceptors (Lipinski definition) is 4. The fraction of sp³-hybridized carbons (Fsp3) is 0.417. The summed E-state index contributed by atoms with van der Waals surface area (Å²) >= 11 is 0. The van der Waals surface area contributed by atoms with Gasteiger partial charge >= 0.3 is 0 Å². The average Bonchev–Trinajstić information content (AvgIpc) is 2.30. The first kappa shape index (κ1) is 10.8. The third-order valence-corrected chi connectivity index (χ3v) is 2.90. The molecule has 84 valence electrons. The van der Waals surface area contributed by atoms with E-state index in [0.29, 0.717) is 17.8 Å². The highest BCUT2D eigenvalue weighted by molar-refractivity contribution is 5.69. The van der Waals surface area contributed by atoms with E-state index >= 15 is 0 Å². The number of nitriles is 1. The van der Waals surface area contributed by atoms with Crippen molar-refractivity contribution in [2.24, 2.45) is 0 Å². The second-order valence-corrected chi connectivity index (χ2v) is 4.13. The number of piperidine rings is 1. The molecule has 1 fully saturated rings. The van der Waals surface area contributed by atoms with Crippen LogP contribution >= 0.6 is 0 Å². The number of benzene rings is 1. The highest BCUT2D eigenvalue weighted by atomic mass is 16.3. The summed E-state index contributed by atoms with van der Waals surface area (Å²) in [6.45, 7) is 1.48. The quantitative estimate of drug-likeness (QED) is 0.691. The van der Waals surface area contributed by atoms with Crippen molar-refractivity contribution in [3.63, 3.8) is 0 Å². The first-order valence-corrected chi connectivity index (χ1v) is 5.43. The Labute approximate surface area is 94.9 Å². The molecule has 0 aromatic heterocycles. The summed E-state index contributed by atoms with van der Waals surface area (Å²) in [5.74, 6) is 0. The molecule has 1 aromatic carbocycles. The second-order valence-electron chi connectivity index (χ2n) is 4.13. The fourth-order valence-corrected chi connectivity index (χ4v) is 2.06. The van der Waals surface area contributed by atoms with E-state index in [1.807, 2.05) is 4.90 Å². The molecule has 0 bridgehead atoms. The van der Waals surface area contributed by atoms with Crippen molar-refractivity contribution in [3.8, 4) is 6.07 Å². The molecule has 4 nitrogen and oxygen atoms in total. The van der Waals surface area contributed by atoms with Gasteiger partial charge in [-0.1, -0.05) is 0 Å². The summed E-state index contributed by atoms with van der Waals surface area (Å²) in [5.41, 5.74) is 8.01. The number of nitrogens with two attached hydrogens (primary N) is 1. The lowest BCUT2D eigenvalue weighted by Crippen LogP contribution is -2.38. The zero-order valence-corrected chi connectivity index (χ0v) is 9.06. The van der Waals surface area contributed by atoms with E-state index in [1.54, 1.807) is 18.2 Å². The molecule has 2 rings (SSSR count). The van der Waals surface area contributed by atoms with Crippen LogP contribution in [0.1, 0.15) is 18.4 Å². The monoisotopic (exact) mass is 217 g/mol. The van der Waals surface area contributed by atoms with Gasteiger partial charge in [0, 0.05) is 13.1 Å². The molecule has 0 amide bonds. The number of nitrogen functional groups attached to an aromatic ring is 1. The van der Waals surface area contributed by atoms with Gasteiger partial charge in [-0.25, -0.2) is 0 Å². The molecule has 1 aliphatic rings. The van der Waals surface area contributed by atoms with Crippen molar-refractivity contribution in [1.29, 1.82) is 5.26 Å². The lowest BCUT2D eigenvalue weighted by atomic mass is 10.1. The molecular weight excluding hydrogens is 202 g/mol. The van der Waals surface area contributed by atoms with Crippen LogP contribution in [0.25, 0.3) is 0 Å². The highest BCUT2D eigenvalue weighted by Crippen LogP contribution is 2.27. The van der Waals surface area contributed by atoms with E-state index in [-0.39, 0.29) is 6.10 Å². The SMILES string of the molecule is N#Cc1ccc(N)c(N2CCCC(O)C2)c1. The molecule has 1 aromatic rings. The molecule has 0 aliphatic carbocycles. The second kappa shape index (κ2) is 4.42. The van der Waals surface area contributed by atoms with E-state index in [1.165, 1.54) is 0 Å². The van der Waals surface area contributed by atoms with Crippen LogP contribution in [0, 0.1) is 11.3 Å². The number of aliphatic hydroxyl groups is 1. The zero-order chi connectivity index (χ0) is 11.5. The van der Waals surface area contributed by atoms with E-state index in [2.05, 4.69) is 6.07 Å². The Morgan fingerprint density at radius 1 is 1.50 bits per heavy atom. The standard InChI is InChI=1S/C12H15N3O/c13-7-9-3-4-11(14)12(6-9)15-5-1-2-10(16)8-15/h3-4,6,10,16H,1-2,5,8,14H2. The molecule has 1 aliphatic heterocycles. The molecule has 16 heavy (non-hydrogen) atoms. The smallest absolute Gasteiger partial charge is 0.0992 e. The number of nitrogens with zero attached hydrogens (tertiary/aromatic N) is 2. The Morgan fingerprint density at radius 2 is 2.31 bits per heavy atom. The van der Waals surface area contributed by atoms with Gasteiger partial charge < -0.3 is 15.7 Å². The summed E-state index contributed by atoms with van der Waals surface area (Å²) in [7, 11) is 0. The number of hydrogen-bond donors (Lipinski definition) is 2. The Kier molecular flexibility index (Phi) is 2.97. The number of anilines is 2. The van der Waals surface area contributed by atoms with Gasteiger partial charge in [-0.2, -0.15) is 5.26 Å². The average molecular weight is 217 g/mol. The summed E-state index contributed by atoms with van der Waals surface area (Å²) in [5, 5.41) is 18.5. The zero-order valence-electron chi connectivity index (χ0n) is 9.06. The number of aliphatic hydroxyl groups excluding tert-OH is 1. The van der Waals surface area contributed by atoms with Gasteiger partial charge in [0.15, 0.2) is 0 Å². The molecule has 0 spiro atoms. The van der Waals surface area contributed by atoms with Gasteiger partial charge in [0.25, 0.3) is 0 Å². The molecular formula is C12H15N3O. The van der Waals surface area contributed by atoms with Crippen molar-refractivity contribution in [2.45, 2.75) is 18.9 Å². The van der Waals surface area contributed by atoms with Gasteiger partial charge in [0.1, 0.15) is 0 Å². The van der Waals surface area contributed by atoms with Gasteiger partial charge in [-0.15, -0.1) is 0 Å². The maximum Gasteiger partial charge on any atom is 0.0992 e. The van der Waals surface area contributed by atoms with Crippen LogP contribution in [0.3, 0.4) is 0 Å². The third-order valence-electron chi connectivity index (χ3n) is 2.90. The van der Waals surface area contributed by atoms with Crippen LogP contribution in [0.5, 0.6) is 0 Å². The normalized spacial score (nSPS) is 20.5. The van der Waals surface area contributed by atoms with E-state index in [9.17, 15) is 5.11 Å². The van der Waals surface area contributed by atoms with Crippen LogP contribution in [-0.4, -0.2) is 24.3 Å². The Hall–Kier alpha value is -1.73. The maximum absolute atomic E-state index is 9.61. The van der Waals surface area contributed by atoms with Crippen molar-refractivity contribution >= 4 is 11.4 Å². The van der Waals surface area contributed by atoms with E-state index < -0.39 is 0 Å². The number of rotatable bonds is 1. The van der Waals surface area contributed by atoms with Crippen molar-refractivity contribution in [3.05, 3.63) is 23.8 Å². The van der Waals surface area contributed by atoms with E-state index in [4.69, 9.17) is 11.0 Å². The molecule has 1 saturated heterocycles. The molecule has 0 saturated carbocycles. The van der Waals surface area contributed by atoms with Crippen molar-refractivity contribution in [2.75, 3.05) is 23.7 Å². The topological polar surface area (TPSA) is 73.3 Å². The molecule has 1 unspecified atom stereocenters. The van der Waals surface area contributed by atoms with Crippen LogP contribution in [0.15, 0.2) is 18.2 Å². The summed E-state index contributed by atoms with van der Waals surface area (Å²) in [4.78, 5) is 2.05. The van der Waals surface area contributed by atoms with E-state index in [0.717, 1.165) is 25.1 Å². The minimum absolute atomic E-state index is 0.293. The minimum atomic E-state index is -0.293. The van der Waals surface area contributed by atoms with Crippen molar-refractivity contribution in [1.82, 2.24) is 0 Å². The molecule has 4 heteroatoms. The first-order valence-electron chi connectivity index (χ1n) is 5.43. The number of β-amino-alcohol motifs (C(OH)–C–C–N with tert-alkyl or cyclic N) is 1. The molecule has 1 heterocycles. The lowest BCUT2D eigenvalue weighted by Gasteiger charge is -2.32. The van der Waals surface area contributed by atoms with Gasteiger partial charge in [0.05, 0.1) is 29.1 Å². The van der Waals surface area contributed by atoms with Gasteiger partial charge in [-0.3, -0.25) is 0 Å². The predicted molar refractivity (Wildman–Crippen MR) is 63.0 cm³/mol. The minimum Gasteiger partial charge on any atom is -0.397 e. The Morgan fingerprint density at radius 3 is 3.00 bits per heavy atom. The largest absolute Gasteiger partial charge is 0.397 e. The van der Waals surface area contributed by atoms with Gasteiger partial charge in [0.2, 0.25) is 0 Å². The fourth-order valence-electron chi connectivity index (χ4n) is 2.06. The van der Waals surface area contributed by atoms with Crippen molar-refractivity contribution < 1.29 is 5.11 Å². The summed E-state index contributed by atoms with van der Waals surface area (Å²) < 4.78 is 0. The lowest BCUT2D eigenvalue weighted by molar-refractivity contribution is 0.154. The molecule has 3 N–H and O–H groups in total. The van der Waals surface area contributed by atoms with Crippen LogP contribution in [-0.2, 0) is 0 Å². The molecule has 1 atom stereocenters. The third kappa shape index (κ3) is 2.10. The summed E-state index contributed by atoms with van der Waals surface area (Å²) in [6, 6.07) is 7.34. The van der Waals surface area contributed by atoms with Gasteiger partial charge in [-0.05, 0) is 31.0 Å². The van der Waals surface area contributed by atoms with Crippen LogP contribution < -0.4 is 10.6 Å². The van der Waals surface area contributed by atoms with Crippen LogP contribution in [0.4, 0.5) is 11.4 Å². The molecule has 0 radical (unpaired) electrons. The highest BCUT2D eigenvalue weighted by Gasteiger charge is 2.19. The predicted octanol–water partition coefficient (Wildman–Crippen LogP) is 1.10.